The van der Waals surface area contributed by atoms with Crippen LogP contribution in [-0.2, 0) is 0 Å². The third kappa shape index (κ3) is 3.10. The highest BCUT2D eigenvalue weighted by molar-refractivity contribution is 5.37. The molecule has 0 saturated heterocycles. The van der Waals surface area contributed by atoms with E-state index in [1.165, 1.54) is 16.7 Å². The third-order valence-corrected chi connectivity index (χ3v) is 5.05. The molecule has 0 fully saturated rings. The van der Waals surface area contributed by atoms with Gasteiger partial charge in [-0.2, -0.15) is 0 Å². The van der Waals surface area contributed by atoms with E-state index >= 15 is 0 Å². The summed E-state index contributed by atoms with van der Waals surface area (Å²) in [6, 6.07) is 21.3. The minimum Gasteiger partial charge on any atom is -0.299 e. The average Bonchev–Trinajstić information content (AvgIpc) is 2.67. The Hall–Kier alpha value is -2.10. The van der Waals surface area contributed by atoms with Gasteiger partial charge < -0.3 is 0 Å². The zero-order chi connectivity index (χ0) is 16.9. The Labute approximate surface area is 144 Å². The smallest absolute Gasteiger partial charge is 0.0561 e. The van der Waals surface area contributed by atoms with Crippen molar-refractivity contribution < 1.29 is 5.21 Å². The molecule has 0 amide bonds. The molecule has 0 aromatic heterocycles. The molecule has 3 N–H and O–H groups in total. The standard InChI is InChI=1S/C21H26N2O/c1-3-17-19(15-11-7-5-8-12-15)22-20(16-13-9-6-10-14-16)18(4-2)21(17)23-24/h5-14,17,19-20,22-24H,3-4H2,1-2H3. The lowest BCUT2D eigenvalue weighted by molar-refractivity contribution is 0.162. The van der Waals surface area contributed by atoms with Gasteiger partial charge in [0.25, 0.3) is 0 Å². The maximum absolute atomic E-state index is 9.89. The number of hydroxylamine groups is 1. The second-order valence-corrected chi connectivity index (χ2v) is 6.32. The zero-order valence-corrected chi connectivity index (χ0v) is 14.4. The van der Waals surface area contributed by atoms with Gasteiger partial charge >= 0.3 is 0 Å². The van der Waals surface area contributed by atoms with Crippen LogP contribution in [0.25, 0.3) is 0 Å². The van der Waals surface area contributed by atoms with Crippen LogP contribution in [0.15, 0.2) is 71.9 Å². The average molecular weight is 322 g/mol. The molecule has 3 heteroatoms. The summed E-state index contributed by atoms with van der Waals surface area (Å²) >= 11 is 0. The van der Waals surface area contributed by atoms with Crippen LogP contribution in [0.1, 0.15) is 49.9 Å². The van der Waals surface area contributed by atoms with E-state index in [0.717, 1.165) is 18.5 Å². The van der Waals surface area contributed by atoms with E-state index in [9.17, 15) is 5.21 Å². The van der Waals surface area contributed by atoms with Gasteiger partial charge in [-0.25, -0.2) is 0 Å². The molecular weight excluding hydrogens is 296 g/mol. The van der Waals surface area contributed by atoms with Gasteiger partial charge in [-0.3, -0.25) is 16.0 Å². The van der Waals surface area contributed by atoms with Crippen LogP contribution in [0.3, 0.4) is 0 Å². The van der Waals surface area contributed by atoms with Crippen LogP contribution in [0, 0.1) is 5.92 Å². The first kappa shape index (κ1) is 16.7. The van der Waals surface area contributed by atoms with Crippen LogP contribution < -0.4 is 10.8 Å². The Bertz CT molecular complexity index is 681. The van der Waals surface area contributed by atoms with E-state index in [-0.39, 0.29) is 18.0 Å². The molecule has 1 aliphatic heterocycles. The van der Waals surface area contributed by atoms with Crippen molar-refractivity contribution in [1.29, 1.82) is 0 Å². The van der Waals surface area contributed by atoms with E-state index in [4.69, 9.17) is 0 Å². The van der Waals surface area contributed by atoms with Gasteiger partial charge in [0.2, 0.25) is 0 Å². The molecule has 0 bridgehead atoms. The van der Waals surface area contributed by atoms with Crippen molar-refractivity contribution in [1.82, 2.24) is 10.8 Å². The molecular formula is C21H26N2O. The molecule has 0 spiro atoms. The molecule has 3 nitrogen and oxygen atoms in total. The van der Waals surface area contributed by atoms with Crippen molar-refractivity contribution in [3.05, 3.63) is 83.1 Å². The van der Waals surface area contributed by atoms with Crippen LogP contribution in [0.4, 0.5) is 0 Å². The number of hydrogen-bond acceptors (Lipinski definition) is 3. The highest BCUT2D eigenvalue weighted by Crippen LogP contribution is 2.42. The monoisotopic (exact) mass is 322 g/mol. The Morgan fingerprint density at radius 1 is 0.917 bits per heavy atom. The summed E-state index contributed by atoms with van der Waals surface area (Å²) < 4.78 is 0. The summed E-state index contributed by atoms with van der Waals surface area (Å²) in [5.74, 6) is 0.229. The van der Waals surface area contributed by atoms with Crippen molar-refractivity contribution in [2.24, 2.45) is 5.92 Å². The van der Waals surface area contributed by atoms with Crippen LogP contribution >= 0.6 is 0 Å². The van der Waals surface area contributed by atoms with Gasteiger partial charge in [0, 0.05) is 17.7 Å². The summed E-state index contributed by atoms with van der Waals surface area (Å²) in [6.07, 6.45) is 1.86. The lowest BCUT2D eigenvalue weighted by Gasteiger charge is -2.40. The van der Waals surface area contributed by atoms with Crippen molar-refractivity contribution in [2.45, 2.75) is 38.8 Å². The molecule has 24 heavy (non-hydrogen) atoms. The lowest BCUT2D eigenvalue weighted by Crippen LogP contribution is -2.41. The molecule has 0 saturated carbocycles. The zero-order valence-electron chi connectivity index (χ0n) is 14.4. The third-order valence-electron chi connectivity index (χ3n) is 5.05. The van der Waals surface area contributed by atoms with Gasteiger partial charge in [-0.15, -0.1) is 0 Å². The molecule has 3 atom stereocenters. The normalized spacial score (nSPS) is 24.0. The van der Waals surface area contributed by atoms with E-state index in [2.05, 4.69) is 73.2 Å². The SMILES string of the molecule is CCC1=C(NO)C(CC)C(c2ccccc2)NC1c1ccccc1. The molecule has 0 aliphatic carbocycles. The van der Waals surface area contributed by atoms with Crippen molar-refractivity contribution >= 4 is 0 Å². The predicted molar refractivity (Wildman–Crippen MR) is 97.5 cm³/mol. The van der Waals surface area contributed by atoms with Gasteiger partial charge in [-0.1, -0.05) is 74.5 Å². The fourth-order valence-corrected chi connectivity index (χ4v) is 3.88. The molecule has 2 aromatic rings. The maximum atomic E-state index is 9.89. The molecule has 2 aromatic carbocycles. The fourth-order valence-electron chi connectivity index (χ4n) is 3.88. The summed E-state index contributed by atoms with van der Waals surface area (Å²) in [7, 11) is 0. The summed E-state index contributed by atoms with van der Waals surface area (Å²) in [4.78, 5) is 0. The lowest BCUT2D eigenvalue weighted by atomic mass is 9.78. The summed E-state index contributed by atoms with van der Waals surface area (Å²) in [5, 5.41) is 13.7. The number of nitrogens with one attached hydrogen (secondary N) is 2. The fraction of sp³-hybridized carbons (Fsp3) is 0.333. The Morgan fingerprint density at radius 3 is 2.00 bits per heavy atom. The van der Waals surface area contributed by atoms with Crippen LogP contribution in [0.5, 0.6) is 0 Å². The number of rotatable bonds is 5. The first-order valence-electron chi connectivity index (χ1n) is 8.79. The minimum absolute atomic E-state index is 0.110. The van der Waals surface area contributed by atoms with E-state index in [1.807, 2.05) is 12.1 Å². The predicted octanol–water partition coefficient (Wildman–Crippen LogP) is 4.74. The highest BCUT2D eigenvalue weighted by Gasteiger charge is 2.36. The van der Waals surface area contributed by atoms with Gasteiger partial charge in [0.1, 0.15) is 0 Å². The molecule has 126 valence electrons. The molecule has 0 radical (unpaired) electrons. The van der Waals surface area contributed by atoms with E-state index < -0.39 is 0 Å². The summed E-state index contributed by atoms with van der Waals surface area (Å²) in [6.45, 7) is 4.33. The molecule has 3 unspecified atom stereocenters. The first-order valence-corrected chi connectivity index (χ1v) is 8.79. The quantitative estimate of drug-likeness (QED) is 0.697. The number of benzene rings is 2. The van der Waals surface area contributed by atoms with E-state index in [0.29, 0.717) is 0 Å². The minimum atomic E-state index is 0.110. The maximum Gasteiger partial charge on any atom is 0.0561 e. The van der Waals surface area contributed by atoms with Crippen LogP contribution in [-0.4, -0.2) is 5.21 Å². The largest absolute Gasteiger partial charge is 0.299 e. The summed E-state index contributed by atoms with van der Waals surface area (Å²) in [5.41, 5.74) is 7.25. The van der Waals surface area contributed by atoms with Gasteiger partial charge in [-0.05, 0) is 29.5 Å². The van der Waals surface area contributed by atoms with Crippen molar-refractivity contribution in [3.63, 3.8) is 0 Å². The first-order chi connectivity index (χ1) is 11.8. The second-order valence-electron chi connectivity index (χ2n) is 6.32. The Balaban J connectivity index is 2.09. The Kier molecular flexibility index (Phi) is 5.34. The van der Waals surface area contributed by atoms with Gasteiger partial charge in [0.15, 0.2) is 0 Å². The van der Waals surface area contributed by atoms with Crippen molar-refractivity contribution in [2.75, 3.05) is 0 Å². The molecule has 1 aliphatic rings. The second kappa shape index (κ2) is 7.65. The van der Waals surface area contributed by atoms with Crippen LogP contribution in [0.2, 0.25) is 0 Å². The molecule has 1 heterocycles. The number of hydrogen-bond donors (Lipinski definition) is 3. The van der Waals surface area contributed by atoms with E-state index in [1.54, 1.807) is 0 Å². The Morgan fingerprint density at radius 2 is 1.50 bits per heavy atom. The van der Waals surface area contributed by atoms with Gasteiger partial charge in [0.05, 0.1) is 6.04 Å². The highest BCUT2D eigenvalue weighted by atomic mass is 16.5. The molecule has 3 rings (SSSR count). The topological polar surface area (TPSA) is 44.3 Å². The van der Waals surface area contributed by atoms with Crippen molar-refractivity contribution in [3.8, 4) is 0 Å².